The highest BCUT2D eigenvalue weighted by atomic mass is 79.9. The molecule has 1 saturated carbocycles. The second-order valence-electron chi connectivity index (χ2n) is 6.10. The molecule has 0 spiro atoms. The molecule has 0 radical (unpaired) electrons. The number of aromatic amines is 1. The summed E-state index contributed by atoms with van der Waals surface area (Å²) in [5, 5.41) is 0. The first-order valence-electron chi connectivity index (χ1n) is 7.29. The number of hydrogen-bond donors (Lipinski definition) is 1. The summed E-state index contributed by atoms with van der Waals surface area (Å²) < 4.78 is 1.69. The van der Waals surface area contributed by atoms with Crippen LogP contribution in [-0.4, -0.2) is 9.97 Å². The van der Waals surface area contributed by atoms with Crippen LogP contribution in [0.25, 0.3) is 0 Å². The number of nitrogens with zero attached hydrogens (tertiary/aromatic N) is 1. The summed E-state index contributed by atoms with van der Waals surface area (Å²) in [5.41, 5.74) is 1.21. The van der Waals surface area contributed by atoms with Crippen LogP contribution in [0.3, 0.4) is 0 Å². The minimum Gasteiger partial charge on any atom is -0.346 e. The quantitative estimate of drug-likeness (QED) is 0.742. The van der Waals surface area contributed by atoms with Gasteiger partial charge in [0.2, 0.25) is 0 Å². The smallest absolute Gasteiger partial charge is 0.144 e. The normalized spacial score (nSPS) is 23.2. The molecule has 0 amide bonds. The molecule has 2 nitrogen and oxygen atoms in total. The Bertz CT molecular complexity index is 495. The van der Waals surface area contributed by atoms with Crippen molar-refractivity contribution in [1.29, 1.82) is 0 Å². The number of halogens is 1. The van der Waals surface area contributed by atoms with Crippen LogP contribution in [0.4, 0.5) is 0 Å². The SMILES string of the molecule is CCC1CCC(c2nc(=S)c(Br)c(CC(C)C)[nH]2)C1. The molecule has 1 aromatic rings. The van der Waals surface area contributed by atoms with E-state index in [2.05, 4.69) is 46.7 Å². The van der Waals surface area contributed by atoms with Gasteiger partial charge in [-0.2, -0.15) is 0 Å². The molecule has 2 unspecified atom stereocenters. The Labute approximate surface area is 129 Å². The van der Waals surface area contributed by atoms with Gasteiger partial charge in [-0.15, -0.1) is 0 Å². The fourth-order valence-electron chi connectivity index (χ4n) is 2.96. The summed E-state index contributed by atoms with van der Waals surface area (Å²) in [6.45, 7) is 6.74. The third kappa shape index (κ3) is 3.66. The maximum atomic E-state index is 5.40. The zero-order valence-electron chi connectivity index (χ0n) is 12.0. The van der Waals surface area contributed by atoms with Gasteiger partial charge in [0.05, 0.1) is 4.47 Å². The maximum Gasteiger partial charge on any atom is 0.144 e. The van der Waals surface area contributed by atoms with E-state index in [1.165, 1.54) is 31.4 Å². The predicted octanol–water partition coefficient (Wildman–Crippen LogP) is 5.39. The molecule has 1 heterocycles. The summed E-state index contributed by atoms with van der Waals surface area (Å²) in [6.07, 6.45) is 6.15. The van der Waals surface area contributed by atoms with Gasteiger partial charge in [0.1, 0.15) is 10.5 Å². The third-order valence-electron chi connectivity index (χ3n) is 4.07. The van der Waals surface area contributed by atoms with Crippen LogP contribution in [-0.2, 0) is 6.42 Å². The van der Waals surface area contributed by atoms with Crippen molar-refractivity contribution in [2.75, 3.05) is 0 Å². The average Bonchev–Trinajstić information content (AvgIpc) is 2.82. The lowest BCUT2D eigenvalue weighted by Crippen LogP contribution is -2.08. The van der Waals surface area contributed by atoms with Crippen LogP contribution in [0, 0.1) is 16.5 Å². The molecule has 19 heavy (non-hydrogen) atoms. The lowest BCUT2D eigenvalue weighted by Gasteiger charge is -2.14. The summed E-state index contributed by atoms with van der Waals surface area (Å²) in [7, 11) is 0. The van der Waals surface area contributed by atoms with Gasteiger partial charge in [-0.25, -0.2) is 4.98 Å². The monoisotopic (exact) mass is 342 g/mol. The number of hydrogen-bond acceptors (Lipinski definition) is 2. The van der Waals surface area contributed by atoms with E-state index in [0.29, 0.717) is 16.5 Å². The Hall–Kier alpha value is -0.220. The highest BCUT2D eigenvalue weighted by molar-refractivity contribution is 9.10. The van der Waals surface area contributed by atoms with Crippen LogP contribution in [0.15, 0.2) is 4.47 Å². The highest BCUT2D eigenvalue weighted by Gasteiger charge is 2.26. The van der Waals surface area contributed by atoms with E-state index in [-0.39, 0.29) is 0 Å². The molecule has 0 saturated heterocycles. The molecular formula is C15H23BrN2S. The minimum atomic E-state index is 0.575. The van der Waals surface area contributed by atoms with Gasteiger partial charge in [0.25, 0.3) is 0 Å². The number of H-pyrrole nitrogens is 1. The molecule has 1 fully saturated rings. The molecule has 0 aromatic carbocycles. The molecule has 1 aliphatic rings. The predicted molar refractivity (Wildman–Crippen MR) is 86.0 cm³/mol. The zero-order valence-corrected chi connectivity index (χ0v) is 14.4. The fourth-order valence-corrected chi connectivity index (χ4v) is 3.53. The van der Waals surface area contributed by atoms with Gasteiger partial charge < -0.3 is 4.98 Å². The third-order valence-corrected chi connectivity index (χ3v) is 5.48. The Morgan fingerprint density at radius 2 is 2.16 bits per heavy atom. The maximum absolute atomic E-state index is 5.40. The fraction of sp³-hybridized carbons (Fsp3) is 0.733. The van der Waals surface area contributed by atoms with Gasteiger partial charge in [-0.3, -0.25) is 0 Å². The minimum absolute atomic E-state index is 0.575. The van der Waals surface area contributed by atoms with Crippen molar-refractivity contribution in [1.82, 2.24) is 9.97 Å². The van der Waals surface area contributed by atoms with Crippen molar-refractivity contribution in [3.8, 4) is 0 Å². The number of nitrogens with one attached hydrogen (secondary N) is 1. The van der Waals surface area contributed by atoms with Gasteiger partial charge in [0, 0.05) is 11.6 Å². The van der Waals surface area contributed by atoms with Crippen LogP contribution in [0.1, 0.15) is 63.9 Å². The lowest BCUT2D eigenvalue weighted by atomic mass is 10.0. The first-order valence-corrected chi connectivity index (χ1v) is 8.50. The topological polar surface area (TPSA) is 28.7 Å². The van der Waals surface area contributed by atoms with E-state index < -0.39 is 0 Å². The first kappa shape index (κ1) is 15.2. The van der Waals surface area contributed by atoms with Crippen molar-refractivity contribution >= 4 is 28.1 Å². The Kier molecular flexibility index (Phi) is 5.18. The number of aromatic nitrogens is 2. The average molecular weight is 343 g/mol. The molecule has 106 valence electrons. The second-order valence-corrected chi connectivity index (χ2v) is 7.28. The van der Waals surface area contributed by atoms with Gasteiger partial charge in [-0.05, 0) is 53.4 Å². The van der Waals surface area contributed by atoms with Crippen LogP contribution >= 0.6 is 28.1 Å². The summed E-state index contributed by atoms with van der Waals surface area (Å²) in [6, 6.07) is 0. The van der Waals surface area contributed by atoms with Crippen LogP contribution in [0.5, 0.6) is 0 Å². The molecule has 4 heteroatoms. The molecule has 0 bridgehead atoms. The molecule has 2 rings (SSSR count). The van der Waals surface area contributed by atoms with E-state index in [4.69, 9.17) is 12.2 Å². The second kappa shape index (κ2) is 6.49. The number of rotatable bonds is 4. The van der Waals surface area contributed by atoms with E-state index >= 15 is 0 Å². The largest absolute Gasteiger partial charge is 0.346 e. The molecule has 0 aliphatic heterocycles. The zero-order chi connectivity index (χ0) is 14.0. The Morgan fingerprint density at radius 1 is 1.42 bits per heavy atom. The first-order chi connectivity index (χ1) is 9.01. The van der Waals surface area contributed by atoms with Crippen LogP contribution < -0.4 is 0 Å². The summed E-state index contributed by atoms with van der Waals surface area (Å²) >= 11 is 8.98. The van der Waals surface area contributed by atoms with E-state index in [1.807, 2.05) is 0 Å². The summed E-state index contributed by atoms with van der Waals surface area (Å²) in [5.74, 6) is 3.17. The van der Waals surface area contributed by atoms with E-state index in [9.17, 15) is 0 Å². The summed E-state index contributed by atoms with van der Waals surface area (Å²) in [4.78, 5) is 8.15. The molecular weight excluding hydrogens is 320 g/mol. The van der Waals surface area contributed by atoms with E-state index in [1.54, 1.807) is 0 Å². The molecule has 2 atom stereocenters. The molecule has 1 aromatic heterocycles. The van der Waals surface area contributed by atoms with Crippen molar-refractivity contribution in [3.63, 3.8) is 0 Å². The van der Waals surface area contributed by atoms with E-state index in [0.717, 1.165) is 22.6 Å². The standard InChI is InChI=1S/C15H23BrN2S/c1-4-10-5-6-11(8-10)14-17-12(7-9(2)3)13(16)15(19)18-14/h9-11H,4-8H2,1-3H3,(H,17,18,19). The highest BCUT2D eigenvalue weighted by Crippen LogP contribution is 2.38. The van der Waals surface area contributed by atoms with Crippen molar-refractivity contribution in [2.24, 2.45) is 11.8 Å². The van der Waals surface area contributed by atoms with Gasteiger partial charge in [-0.1, -0.05) is 39.4 Å². The van der Waals surface area contributed by atoms with Gasteiger partial charge in [0.15, 0.2) is 0 Å². The van der Waals surface area contributed by atoms with Crippen LogP contribution in [0.2, 0.25) is 0 Å². The Morgan fingerprint density at radius 3 is 2.74 bits per heavy atom. The van der Waals surface area contributed by atoms with Crippen molar-refractivity contribution < 1.29 is 0 Å². The van der Waals surface area contributed by atoms with Crippen molar-refractivity contribution in [2.45, 2.75) is 58.8 Å². The molecule has 1 N–H and O–H groups in total. The molecule has 1 aliphatic carbocycles. The lowest BCUT2D eigenvalue weighted by molar-refractivity contribution is 0.515. The Balaban J connectivity index is 2.27. The van der Waals surface area contributed by atoms with Crippen molar-refractivity contribution in [3.05, 3.63) is 20.6 Å². The van der Waals surface area contributed by atoms with Gasteiger partial charge >= 0.3 is 0 Å².